The molecule has 0 amide bonds. The van der Waals surface area contributed by atoms with Crippen molar-refractivity contribution in [2.24, 2.45) is 0 Å². The number of hydrogen-bond donors (Lipinski definition) is 0. The van der Waals surface area contributed by atoms with Gasteiger partial charge in [0.25, 0.3) is 0 Å². The van der Waals surface area contributed by atoms with E-state index in [0.29, 0.717) is 0 Å². The van der Waals surface area contributed by atoms with Crippen molar-refractivity contribution in [3.63, 3.8) is 0 Å². The highest BCUT2D eigenvalue weighted by molar-refractivity contribution is 7.76. The smallest absolute Gasteiger partial charge is 0.00647 e. The molecule has 1 heterocycles. The molecule has 1 radical (unpaired) electrons. The molecule has 7 heteroatoms. The maximum absolute atomic E-state index is 1.35. The third-order valence-electron chi connectivity index (χ3n) is 1.57. The van der Waals surface area contributed by atoms with Gasteiger partial charge in [0.2, 0.25) is 0 Å². The summed E-state index contributed by atoms with van der Waals surface area (Å²) in [6.07, 6.45) is 0. The van der Waals surface area contributed by atoms with E-state index in [1.54, 1.807) is 0 Å². The molecule has 0 spiro atoms. The molecule has 0 aromatic carbocycles. The van der Waals surface area contributed by atoms with Crippen molar-refractivity contribution < 1.29 is 0 Å². The zero-order valence-corrected chi connectivity index (χ0v) is 14.5. The summed E-state index contributed by atoms with van der Waals surface area (Å²) in [5.74, 6) is 0. The van der Waals surface area contributed by atoms with Gasteiger partial charge in [-0.25, -0.2) is 0 Å². The average Bonchev–Trinajstić information content (AvgIpc) is 1.90. The first kappa shape index (κ1) is 6.64. The van der Waals surface area contributed by atoms with Gasteiger partial charge in [0, 0.05) is 0 Å². The Morgan fingerprint density at radius 1 is 0.714 bits per heavy atom. The highest BCUT2D eigenvalue weighted by Crippen LogP contribution is 1.62. The molecule has 0 atom stereocenters. The van der Waals surface area contributed by atoms with Crippen LogP contribution >= 0.6 is 0 Å². The largest absolute Gasteiger partial charge is 0.00934 e. The van der Waals surface area contributed by atoms with E-state index < -0.39 is 0 Å². The monoisotopic (exact) mass is 209 g/mol. The summed E-state index contributed by atoms with van der Waals surface area (Å²) in [5, 5.41) is 0. The minimum atomic E-state index is 0.889. The van der Waals surface area contributed by atoms with Gasteiger partial charge in [-0.05, 0) is 59.9 Å². The van der Waals surface area contributed by atoms with E-state index in [1.165, 1.54) is 8.55 Å². The van der Waals surface area contributed by atoms with Crippen LogP contribution in [0, 0.1) is 0 Å². The first-order valence-electron chi connectivity index (χ1n) is 3.32. The van der Waals surface area contributed by atoms with Crippen molar-refractivity contribution in [2.45, 2.75) is 0 Å². The van der Waals surface area contributed by atoms with Crippen molar-refractivity contribution in [1.29, 1.82) is 0 Å². The van der Waals surface area contributed by atoms with E-state index in [1.807, 2.05) is 0 Å². The molecule has 1 rings (SSSR count). The van der Waals surface area contributed by atoms with E-state index in [9.17, 15) is 0 Å². The van der Waals surface area contributed by atoms with E-state index in [0.717, 1.165) is 51.3 Å². The molecule has 0 aromatic rings. The van der Waals surface area contributed by atoms with Crippen molar-refractivity contribution in [2.75, 3.05) is 0 Å². The molecule has 0 aromatic heterocycles. The first-order chi connectivity index (χ1) is 3.50. The second-order valence-corrected chi connectivity index (χ2v) is 61.6. The molecule has 0 bridgehead atoms. The molecule has 1 aliphatic rings. The van der Waals surface area contributed by atoms with Crippen molar-refractivity contribution >= 4 is 59.9 Å². The molecular weight excluding hydrogens is 197 g/mol. The fourth-order valence-electron chi connectivity index (χ4n) is 1.08. The lowest BCUT2D eigenvalue weighted by atomic mass is 26.3. The molecule has 1 fully saturated rings. The Morgan fingerprint density at radius 2 is 1.29 bits per heavy atom. The van der Waals surface area contributed by atoms with E-state index in [2.05, 4.69) is 0 Å². The van der Waals surface area contributed by atoms with Crippen LogP contribution in [0.4, 0.5) is 0 Å². The van der Waals surface area contributed by atoms with Gasteiger partial charge >= 0.3 is 0 Å². The quantitative estimate of drug-likeness (QED) is 0.349. The number of rotatable bonds is 0. The normalized spacial score (nSPS) is 44.6. The van der Waals surface area contributed by atoms with E-state index in [4.69, 9.17) is 0 Å². The molecule has 0 N–H and O–H groups in total. The van der Waals surface area contributed by atoms with Crippen LogP contribution in [0.5, 0.6) is 0 Å². The van der Waals surface area contributed by atoms with Crippen LogP contribution in [0.1, 0.15) is 0 Å². The molecular formula is H13Si7. The van der Waals surface area contributed by atoms with Crippen LogP contribution in [0.3, 0.4) is 0 Å². The maximum atomic E-state index is 1.35. The summed E-state index contributed by atoms with van der Waals surface area (Å²) in [4.78, 5) is 0. The lowest BCUT2D eigenvalue weighted by Gasteiger charge is -1.81. The number of hydrogen-bond acceptors (Lipinski definition) is 0. The first-order valence-corrected chi connectivity index (χ1v) is 29.8. The second kappa shape index (κ2) is 4.40. The zero-order chi connectivity index (χ0) is 4.95. The van der Waals surface area contributed by atoms with Crippen LogP contribution in [-0.4, -0.2) is 59.9 Å². The van der Waals surface area contributed by atoms with Gasteiger partial charge in [-0.15, -0.1) is 0 Å². The van der Waals surface area contributed by atoms with Gasteiger partial charge in [0.1, 0.15) is 0 Å². The minimum Gasteiger partial charge on any atom is -0.00934 e. The third-order valence-corrected chi connectivity index (χ3v) is 127. The van der Waals surface area contributed by atoms with Crippen LogP contribution in [0.25, 0.3) is 0 Å². The van der Waals surface area contributed by atoms with E-state index >= 15 is 0 Å². The van der Waals surface area contributed by atoms with Gasteiger partial charge in [-0.2, -0.15) is 0 Å². The SMILES string of the molecule is [SiH]1[SiH2][SiH2][SiH2][SiH2][SiH2][SiH2]1. The molecule has 1 saturated heterocycles. The predicted molar refractivity (Wildman–Crippen MR) is 58.4 cm³/mol. The highest BCUT2D eigenvalue weighted by atomic mass is 30.1. The van der Waals surface area contributed by atoms with E-state index in [-0.39, 0.29) is 0 Å². The maximum Gasteiger partial charge on any atom is -0.00647 e. The summed E-state index contributed by atoms with van der Waals surface area (Å²) in [6.45, 7) is 0. The van der Waals surface area contributed by atoms with Gasteiger partial charge in [0.05, 0.1) is 0 Å². The summed E-state index contributed by atoms with van der Waals surface area (Å²) in [7, 11) is 6.83. The van der Waals surface area contributed by atoms with Crippen molar-refractivity contribution in [1.82, 2.24) is 0 Å². The summed E-state index contributed by atoms with van der Waals surface area (Å²) >= 11 is 0. The van der Waals surface area contributed by atoms with Crippen LogP contribution in [0.15, 0.2) is 0 Å². The van der Waals surface area contributed by atoms with Crippen LogP contribution < -0.4 is 0 Å². The van der Waals surface area contributed by atoms with Gasteiger partial charge in [-0.3, -0.25) is 0 Å². The Bertz CT molecular complexity index is 19.7. The average molecular weight is 210 g/mol. The predicted octanol–water partition coefficient (Wildman–Crippen LogP) is -6.15. The topological polar surface area (TPSA) is 0 Å². The lowest BCUT2D eigenvalue weighted by molar-refractivity contribution is 3.95. The van der Waals surface area contributed by atoms with Crippen LogP contribution in [0.2, 0.25) is 0 Å². The highest BCUT2D eigenvalue weighted by Gasteiger charge is 2.00. The van der Waals surface area contributed by atoms with Crippen LogP contribution in [-0.2, 0) is 0 Å². The summed E-state index contributed by atoms with van der Waals surface area (Å²) < 4.78 is 0. The molecule has 0 aliphatic carbocycles. The Morgan fingerprint density at radius 3 is 1.86 bits per heavy atom. The lowest BCUT2D eigenvalue weighted by Crippen LogP contribution is -2.18. The Kier molecular flexibility index (Phi) is 4.17. The van der Waals surface area contributed by atoms with Gasteiger partial charge in [-0.1, -0.05) is 0 Å². The molecule has 0 unspecified atom stereocenters. The molecule has 0 saturated carbocycles. The third kappa shape index (κ3) is 3.16. The molecule has 1 aliphatic heterocycles. The zero-order valence-electron chi connectivity index (χ0n) is 4.82. The fourth-order valence-corrected chi connectivity index (χ4v) is 261. The summed E-state index contributed by atoms with van der Waals surface area (Å²) in [5.41, 5.74) is 0. The van der Waals surface area contributed by atoms with Gasteiger partial charge in [0.15, 0.2) is 0 Å². The molecule has 7 heavy (non-hydrogen) atoms. The Balaban J connectivity index is 2.04. The molecule has 41 valence electrons. The fraction of sp³-hybridized carbons (Fsp3) is 0. The second-order valence-electron chi connectivity index (χ2n) is 2.28. The van der Waals surface area contributed by atoms with Crippen molar-refractivity contribution in [3.8, 4) is 0 Å². The molecule has 0 nitrogen and oxygen atoms in total. The van der Waals surface area contributed by atoms with Gasteiger partial charge < -0.3 is 0 Å². The summed E-state index contributed by atoms with van der Waals surface area (Å²) in [6, 6.07) is 0. The Hall–Kier alpha value is 1.52. The Labute approximate surface area is 59.9 Å². The van der Waals surface area contributed by atoms with Crippen molar-refractivity contribution in [3.05, 3.63) is 0 Å². The minimum absolute atomic E-state index is 0.889. The standard InChI is InChI=1S/H13Si7/c1-2-4-6-7-5-3-1/h1H,2-7H2.